The molecule has 371 valence electrons. The zero-order valence-electron chi connectivity index (χ0n) is 41.2. The SMILES string of the molecule is CCCCCCCCCCCCCCCC(=O)OC[C@H](COP(=O)(O)OCCNC(=O)CCCc1ccc(N2C(=O)C=CC2=O)cc1)OC(=O)CCCCCCCCCCCCCCC.[Na]. The first-order valence-corrected chi connectivity index (χ1v) is 26.9. The van der Waals surface area contributed by atoms with Crippen LogP contribution in [0.15, 0.2) is 36.4 Å². The molecular formula is C51H85N2NaO11P. The van der Waals surface area contributed by atoms with E-state index in [-0.39, 0.29) is 86.3 Å². The molecule has 3 amide bonds. The predicted molar refractivity (Wildman–Crippen MR) is 263 cm³/mol. The van der Waals surface area contributed by atoms with Crippen LogP contribution in [0.25, 0.3) is 0 Å². The number of esters is 2. The molecule has 1 aliphatic heterocycles. The van der Waals surface area contributed by atoms with E-state index >= 15 is 0 Å². The Morgan fingerprint density at radius 2 is 1.03 bits per heavy atom. The van der Waals surface area contributed by atoms with Gasteiger partial charge in [-0.3, -0.25) is 33.0 Å². The van der Waals surface area contributed by atoms with Crippen LogP contribution >= 0.6 is 7.82 Å². The second-order valence-corrected chi connectivity index (χ2v) is 19.0. The first kappa shape index (κ1) is 61.6. The van der Waals surface area contributed by atoms with Crippen LogP contribution in [0.4, 0.5) is 5.69 Å². The van der Waals surface area contributed by atoms with Crippen molar-refractivity contribution in [2.45, 2.75) is 219 Å². The molecule has 1 aliphatic rings. The summed E-state index contributed by atoms with van der Waals surface area (Å²) < 4.78 is 34.0. The second-order valence-electron chi connectivity index (χ2n) is 17.6. The van der Waals surface area contributed by atoms with Crippen molar-refractivity contribution in [1.82, 2.24) is 5.32 Å². The molecule has 15 heteroatoms. The van der Waals surface area contributed by atoms with Crippen LogP contribution in [0, 0.1) is 0 Å². The Bertz CT molecular complexity index is 1530. The van der Waals surface area contributed by atoms with Gasteiger partial charge in [0, 0.05) is 67.5 Å². The molecule has 2 N–H and O–H groups in total. The summed E-state index contributed by atoms with van der Waals surface area (Å²) in [7, 11) is -4.61. The largest absolute Gasteiger partial charge is 0.472 e. The molecule has 0 saturated heterocycles. The van der Waals surface area contributed by atoms with Crippen molar-refractivity contribution >= 4 is 72.7 Å². The van der Waals surface area contributed by atoms with Crippen molar-refractivity contribution in [3.63, 3.8) is 0 Å². The molecule has 2 atom stereocenters. The summed E-state index contributed by atoms with van der Waals surface area (Å²) in [5.41, 5.74) is 1.41. The van der Waals surface area contributed by atoms with Gasteiger partial charge in [-0.15, -0.1) is 0 Å². The molecule has 66 heavy (non-hydrogen) atoms. The number of amides is 3. The number of ether oxygens (including phenoxy) is 2. The minimum absolute atomic E-state index is 0. The third-order valence-electron chi connectivity index (χ3n) is 11.7. The van der Waals surface area contributed by atoms with Gasteiger partial charge >= 0.3 is 19.8 Å². The van der Waals surface area contributed by atoms with Crippen molar-refractivity contribution in [3.05, 3.63) is 42.0 Å². The Morgan fingerprint density at radius 1 is 0.591 bits per heavy atom. The summed E-state index contributed by atoms with van der Waals surface area (Å²) >= 11 is 0. The molecular weight excluding hydrogens is 871 g/mol. The summed E-state index contributed by atoms with van der Waals surface area (Å²) in [6, 6.07) is 6.98. The number of rotatable bonds is 43. The Hall–Kier alpha value is -2.38. The molecule has 1 radical (unpaired) electrons. The Morgan fingerprint density at radius 3 is 1.50 bits per heavy atom. The van der Waals surface area contributed by atoms with Gasteiger partial charge < -0.3 is 19.7 Å². The summed E-state index contributed by atoms with van der Waals surface area (Å²) in [4.78, 5) is 73.0. The van der Waals surface area contributed by atoms with Gasteiger partial charge in [-0.25, -0.2) is 9.46 Å². The topological polar surface area (TPSA) is 175 Å². The predicted octanol–water partition coefficient (Wildman–Crippen LogP) is 11.7. The number of hydrogen-bond acceptors (Lipinski definition) is 10. The van der Waals surface area contributed by atoms with Crippen LogP contribution in [-0.2, 0) is 53.5 Å². The molecule has 0 aliphatic carbocycles. The summed E-state index contributed by atoms with van der Waals surface area (Å²) in [5, 5.41) is 2.65. The van der Waals surface area contributed by atoms with Crippen LogP contribution in [0.5, 0.6) is 0 Å². The zero-order chi connectivity index (χ0) is 47.2. The number of carbonyl (C=O) groups excluding carboxylic acids is 5. The van der Waals surface area contributed by atoms with Gasteiger partial charge in [0.05, 0.1) is 18.9 Å². The fourth-order valence-electron chi connectivity index (χ4n) is 7.77. The Labute approximate surface area is 419 Å². The molecule has 1 aromatic carbocycles. The standard InChI is InChI=1S/C51H85N2O11P.Na/c1-3-5-7-9-11-13-15-17-19-21-23-25-27-32-50(57)61-42-46(64-51(58)33-28-26-24-22-20-18-16-14-12-10-8-6-4-2)43-63-65(59,60)62-41-40-52-47(54)31-29-30-44-34-36-45(37-35-44)53-48(55)38-39-49(53)56;/h34-39,46H,3-33,40-43H2,1-2H3,(H,52,54)(H,59,60);/t46-;/m1./s1. The van der Waals surface area contributed by atoms with E-state index in [4.69, 9.17) is 18.5 Å². The number of unbranched alkanes of at least 4 members (excludes halogenated alkanes) is 24. The number of phosphoric acid groups is 1. The van der Waals surface area contributed by atoms with Gasteiger partial charge in [0.1, 0.15) is 6.61 Å². The number of nitrogens with zero attached hydrogens (tertiary/aromatic N) is 1. The van der Waals surface area contributed by atoms with Gasteiger partial charge in [-0.2, -0.15) is 0 Å². The monoisotopic (exact) mass is 956 g/mol. The maximum absolute atomic E-state index is 12.8. The van der Waals surface area contributed by atoms with E-state index in [0.717, 1.165) is 49.0 Å². The first-order chi connectivity index (χ1) is 31.5. The van der Waals surface area contributed by atoms with Crippen LogP contribution in [0.1, 0.15) is 212 Å². The molecule has 13 nitrogen and oxygen atoms in total. The Balaban J connectivity index is 0.0000218. The number of imide groups is 1. The molecule has 0 saturated carbocycles. The summed E-state index contributed by atoms with van der Waals surface area (Å²) in [6.45, 7) is 3.31. The van der Waals surface area contributed by atoms with E-state index < -0.39 is 32.5 Å². The fraction of sp³-hybridized carbons (Fsp3) is 0.745. The molecule has 1 heterocycles. The van der Waals surface area contributed by atoms with E-state index in [1.54, 1.807) is 24.3 Å². The number of hydrogen-bond donors (Lipinski definition) is 2. The molecule has 0 fully saturated rings. The number of aryl methyl sites for hydroxylation is 1. The van der Waals surface area contributed by atoms with Gasteiger partial charge in [0.2, 0.25) is 5.91 Å². The van der Waals surface area contributed by atoms with Crippen LogP contribution in [0.2, 0.25) is 0 Å². The quantitative estimate of drug-likeness (QED) is 0.0209. The van der Waals surface area contributed by atoms with Gasteiger partial charge in [0.25, 0.3) is 11.8 Å². The molecule has 2 rings (SSSR count). The average molecular weight is 956 g/mol. The van der Waals surface area contributed by atoms with Crippen LogP contribution < -0.4 is 10.2 Å². The zero-order valence-corrected chi connectivity index (χ0v) is 44.1. The number of anilines is 1. The molecule has 1 unspecified atom stereocenters. The third-order valence-corrected chi connectivity index (χ3v) is 12.7. The first-order valence-electron chi connectivity index (χ1n) is 25.4. The number of benzene rings is 1. The molecule has 0 spiro atoms. The van der Waals surface area contributed by atoms with Crippen molar-refractivity contribution in [3.8, 4) is 0 Å². The van der Waals surface area contributed by atoms with Crippen molar-refractivity contribution in [1.29, 1.82) is 0 Å². The molecule has 0 bridgehead atoms. The van der Waals surface area contributed by atoms with Crippen LogP contribution in [-0.4, -0.2) is 96.6 Å². The molecule has 1 aromatic rings. The van der Waals surface area contributed by atoms with Gasteiger partial charge in [0.15, 0.2) is 6.10 Å². The minimum Gasteiger partial charge on any atom is -0.462 e. The fourth-order valence-corrected chi connectivity index (χ4v) is 8.52. The third kappa shape index (κ3) is 32.4. The minimum atomic E-state index is -4.61. The van der Waals surface area contributed by atoms with E-state index in [9.17, 15) is 33.4 Å². The molecule has 0 aromatic heterocycles. The summed E-state index contributed by atoms with van der Waals surface area (Å²) in [5.74, 6) is -1.96. The number of phosphoric ester groups is 1. The van der Waals surface area contributed by atoms with Gasteiger partial charge in [-0.05, 0) is 43.4 Å². The van der Waals surface area contributed by atoms with E-state index in [1.165, 1.54) is 128 Å². The van der Waals surface area contributed by atoms with Gasteiger partial charge in [-0.1, -0.05) is 180 Å². The maximum atomic E-state index is 12.8. The van der Waals surface area contributed by atoms with E-state index in [0.29, 0.717) is 31.4 Å². The Kier molecular flexibility index (Phi) is 37.8. The second kappa shape index (κ2) is 40.5. The normalized spacial score (nSPS) is 13.7. The maximum Gasteiger partial charge on any atom is 0.472 e. The van der Waals surface area contributed by atoms with E-state index in [1.807, 2.05) is 0 Å². The van der Waals surface area contributed by atoms with Crippen LogP contribution in [0.3, 0.4) is 0 Å². The average Bonchev–Trinajstić information content (AvgIpc) is 3.63. The van der Waals surface area contributed by atoms with E-state index in [2.05, 4.69) is 19.2 Å². The van der Waals surface area contributed by atoms with Crippen molar-refractivity contribution < 1.29 is 52.0 Å². The number of nitrogens with one attached hydrogen (secondary N) is 1. The summed E-state index contributed by atoms with van der Waals surface area (Å²) in [6.07, 6.45) is 34.0. The number of carbonyl (C=O) groups is 5. The van der Waals surface area contributed by atoms with Crippen molar-refractivity contribution in [2.75, 3.05) is 31.3 Å². The van der Waals surface area contributed by atoms with Crippen molar-refractivity contribution in [2.24, 2.45) is 0 Å². The smallest absolute Gasteiger partial charge is 0.462 e.